The van der Waals surface area contributed by atoms with Crippen LogP contribution in [0, 0.1) is 0 Å². The number of amides is 1. The van der Waals surface area contributed by atoms with Gasteiger partial charge in [0, 0.05) is 43.6 Å². The van der Waals surface area contributed by atoms with Gasteiger partial charge in [-0.05, 0) is 48.4 Å². The van der Waals surface area contributed by atoms with Crippen molar-refractivity contribution >= 4 is 16.8 Å². The predicted octanol–water partition coefficient (Wildman–Crippen LogP) is 4.18. The van der Waals surface area contributed by atoms with Crippen molar-refractivity contribution in [2.75, 3.05) is 6.54 Å². The quantitative estimate of drug-likeness (QED) is 0.718. The zero-order valence-corrected chi connectivity index (χ0v) is 14.3. The van der Waals surface area contributed by atoms with Crippen LogP contribution in [0.2, 0.25) is 0 Å². The fraction of sp³-hybridized carbons (Fsp3) is 0.333. The molecule has 1 aliphatic heterocycles. The van der Waals surface area contributed by atoms with Crippen LogP contribution >= 0.6 is 0 Å². The minimum Gasteiger partial charge on any atom is -0.347 e. The van der Waals surface area contributed by atoms with E-state index in [1.807, 2.05) is 24.4 Å². The molecule has 1 fully saturated rings. The molecule has 4 rings (SSSR count). The molecule has 0 saturated carbocycles. The van der Waals surface area contributed by atoms with Gasteiger partial charge in [-0.1, -0.05) is 24.3 Å². The van der Waals surface area contributed by atoms with Crippen molar-refractivity contribution < 1.29 is 4.79 Å². The minimum absolute atomic E-state index is 0.177. The number of hydrogen-bond acceptors (Lipinski definition) is 2. The Morgan fingerprint density at radius 1 is 1.12 bits per heavy atom. The third-order valence-electron chi connectivity index (χ3n) is 5.14. The number of benzene rings is 1. The number of aryl methyl sites for hydroxylation is 1. The zero-order valence-electron chi connectivity index (χ0n) is 14.3. The van der Waals surface area contributed by atoms with Crippen LogP contribution in [0.4, 0.5) is 0 Å². The molecule has 1 aromatic carbocycles. The summed E-state index contributed by atoms with van der Waals surface area (Å²) >= 11 is 0. The molecular formula is C21H23N3O. The number of para-hydroxylation sites is 1. The van der Waals surface area contributed by atoms with Gasteiger partial charge in [0.25, 0.3) is 0 Å². The number of fused-ring (bicyclic) bond motifs is 1. The highest BCUT2D eigenvalue weighted by molar-refractivity contribution is 5.80. The van der Waals surface area contributed by atoms with Crippen LogP contribution in [0.5, 0.6) is 0 Å². The topological polar surface area (TPSA) is 38.1 Å². The van der Waals surface area contributed by atoms with Crippen LogP contribution in [-0.2, 0) is 11.3 Å². The first kappa shape index (κ1) is 15.9. The number of aromatic nitrogens is 2. The Morgan fingerprint density at radius 3 is 2.92 bits per heavy atom. The van der Waals surface area contributed by atoms with Crippen LogP contribution < -0.4 is 0 Å². The standard InChI is InChI=1S/C21H23N3O/c25-21(11-15-23-14-10-17-6-1-2-8-19(17)23)24-13-4-3-9-20(24)18-7-5-12-22-16-18/h1-2,5-8,10,12,14,16,20H,3-4,9,11,13,15H2/t20-/m1/s1. The number of carbonyl (C=O) groups excluding carboxylic acids is 1. The molecule has 1 amide bonds. The van der Waals surface area contributed by atoms with Gasteiger partial charge in [0.05, 0.1) is 6.04 Å². The highest BCUT2D eigenvalue weighted by Gasteiger charge is 2.27. The van der Waals surface area contributed by atoms with Gasteiger partial charge in [-0.15, -0.1) is 0 Å². The lowest BCUT2D eigenvalue weighted by Crippen LogP contribution is -2.38. The minimum atomic E-state index is 0.177. The summed E-state index contributed by atoms with van der Waals surface area (Å²) < 4.78 is 2.18. The Hall–Kier alpha value is -2.62. The van der Waals surface area contributed by atoms with E-state index in [0.29, 0.717) is 6.42 Å². The fourth-order valence-electron chi connectivity index (χ4n) is 3.85. The molecule has 0 N–H and O–H groups in total. The molecule has 0 bridgehead atoms. The van der Waals surface area contributed by atoms with Gasteiger partial charge in [-0.2, -0.15) is 0 Å². The van der Waals surface area contributed by atoms with Crippen LogP contribution in [-0.4, -0.2) is 26.9 Å². The number of likely N-dealkylation sites (tertiary alicyclic amines) is 1. The summed E-state index contributed by atoms with van der Waals surface area (Å²) in [6.07, 6.45) is 9.60. The molecule has 128 valence electrons. The largest absolute Gasteiger partial charge is 0.347 e. The number of rotatable bonds is 4. The number of piperidine rings is 1. The van der Waals surface area contributed by atoms with E-state index >= 15 is 0 Å². The summed E-state index contributed by atoms with van der Waals surface area (Å²) in [6, 6.07) is 14.6. The van der Waals surface area contributed by atoms with E-state index in [1.54, 1.807) is 6.20 Å². The van der Waals surface area contributed by atoms with Crippen LogP contribution in [0.3, 0.4) is 0 Å². The highest BCUT2D eigenvalue weighted by Crippen LogP contribution is 2.31. The van der Waals surface area contributed by atoms with Crippen LogP contribution in [0.25, 0.3) is 10.9 Å². The Labute approximate surface area is 148 Å². The molecule has 1 aliphatic rings. The lowest BCUT2D eigenvalue weighted by molar-refractivity contribution is -0.135. The number of carbonyl (C=O) groups is 1. The van der Waals surface area contributed by atoms with Gasteiger partial charge in [0.1, 0.15) is 0 Å². The zero-order chi connectivity index (χ0) is 17.1. The van der Waals surface area contributed by atoms with Gasteiger partial charge in [-0.3, -0.25) is 9.78 Å². The molecule has 4 heteroatoms. The molecule has 3 aromatic rings. The van der Waals surface area contributed by atoms with E-state index in [0.717, 1.165) is 31.5 Å². The smallest absolute Gasteiger partial charge is 0.224 e. The normalized spacial score (nSPS) is 17.8. The first-order chi connectivity index (χ1) is 12.3. The lowest BCUT2D eigenvalue weighted by atomic mass is 9.96. The Kier molecular flexibility index (Phi) is 4.51. The summed E-state index contributed by atoms with van der Waals surface area (Å²) in [5, 5.41) is 1.22. The Bertz CT molecular complexity index is 856. The van der Waals surface area contributed by atoms with E-state index in [4.69, 9.17) is 0 Å². The van der Waals surface area contributed by atoms with Crippen molar-refractivity contribution in [3.63, 3.8) is 0 Å². The molecule has 0 radical (unpaired) electrons. The van der Waals surface area contributed by atoms with Gasteiger partial charge in [-0.25, -0.2) is 0 Å². The summed E-state index contributed by atoms with van der Waals surface area (Å²) in [4.78, 5) is 19.2. The maximum atomic E-state index is 12.9. The average Bonchev–Trinajstić information content (AvgIpc) is 3.10. The molecule has 1 saturated heterocycles. The Morgan fingerprint density at radius 2 is 2.04 bits per heavy atom. The third-order valence-corrected chi connectivity index (χ3v) is 5.14. The summed E-state index contributed by atoms with van der Waals surface area (Å²) in [5.41, 5.74) is 2.35. The molecule has 25 heavy (non-hydrogen) atoms. The first-order valence-electron chi connectivity index (χ1n) is 9.06. The van der Waals surface area contributed by atoms with E-state index in [2.05, 4.69) is 44.9 Å². The molecule has 4 nitrogen and oxygen atoms in total. The second kappa shape index (κ2) is 7.09. The van der Waals surface area contributed by atoms with Crippen molar-refractivity contribution in [1.82, 2.24) is 14.5 Å². The first-order valence-corrected chi connectivity index (χ1v) is 9.06. The number of pyridine rings is 1. The fourth-order valence-corrected chi connectivity index (χ4v) is 3.85. The van der Waals surface area contributed by atoms with E-state index < -0.39 is 0 Å². The van der Waals surface area contributed by atoms with E-state index in [1.165, 1.54) is 17.3 Å². The lowest BCUT2D eigenvalue weighted by Gasteiger charge is -2.36. The SMILES string of the molecule is O=C(CCn1ccc2ccccc21)N1CCCC[C@@H]1c1cccnc1. The number of hydrogen-bond donors (Lipinski definition) is 0. The molecule has 3 heterocycles. The van der Waals surface area contributed by atoms with E-state index in [-0.39, 0.29) is 11.9 Å². The van der Waals surface area contributed by atoms with Crippen molar-refractivity contribution in [2.45, 2.75) is 38.3 Å². The van der Waals surface area contributed by atoms with Crippen molar-refractivity contribution in [3.8, 4) is 0 Å². The number of nitrogens with zero attached hydrogens (tertiary/aromatic N) is 3. The second-order valence-corrected chi connectivity index (χ2v) is 6.70. The van der Waals surface area contributed by atoms with E-state index in [9.17, 15) is 4.79 Å². The molecule has 0 aliphatic carbocycles. The summed E-state index contributed by atoms with van der Waals surface area (Å²) in [6.45, 7) is 1.58. The molecule has 2 aromatic heterocycles. The molecular weight excluding hydrogens is 310 g/mol. The maximum Gasteiger partial charge on any atom is 0.224 e. The van der Waals surface area contributed by atoms with Crippen molar-refractivity contribution in [3.05, 3.63) is 66.6 Å². The summed E-state index contributed by atoms with van der Waals surface area (Å²) in [5.74, 6) is 0.242. The van der Waals surface area contributed by atoms with Crippen LogP contribution in [0.15, 0.2) is 61.1 Å². The predicted molar refractivity (Wildman–Crippen MR) is 99.1 cm³/mol. The third kappa shape index (κ3) is 3.29. The monoisotopic (exact) mass is 333 g/mol. The average molecular weight is 333 g/mol. The van der Waals surface area contributed by atoms with Gasteiger partial charge < -0.3 is 9.47 Å². The molecule has 0 spiro atoms. The maximum absolute atomic E-state index is 12.9. The van der Waals surface area contributed by atoms with Crippen molar-refractivity contribution in [2.24, 2.45) is 0 Å². The van der Waals surface area contributed by atoms with Gasteiger partial charge in [0.15, 0.2) is 0 Å². The van der Waals surface area contributed by atoms with Crippen LogP contribution in [0.1, 0.15) is 37.3 Å². The Balaban J connectivity index is 1.47. The van der Waals surface area contributed by atoms with Crippen molar-refractivity contribution in [1.29, 1.82) is 0 Å². The van der Waals surface area contributed by atoms with Gasteiger partial charge in [0.2, 0.25) is 5.91 Å². The highest BCUT2D eigenvalue weighted by atomic mass is 16.2. The van der Waals surface area contributed by atoms with Gasteiger partial charge >= 0.3 is 0 Å². The molecule has 1 atom stereocenters. The summed E-state index contributed by atoms with van der Waals surface area (Å²) in [7, 11) is 0. The second-order valence-electron chi connectivity index (χ2n) is 6.70. The molecule has 0 unspecified atom stereocenters.